The van der Waals surface area contributed by atoms with Crippen molar-refractivity contribution >= 4 is 5.95 Å². The number of aromatic nitrogens is 4. The molecule has 3 heterocycles. The summed E-state index contributed by atoms with van der Waals surface area (Å²) in [6.07, 6.45) is 0.848. The number of hydrogen-bond donors (Lipinski definition) is 1. The van der Waals surface area contributed by atoms with E-state index in [4.69, 9.17) is 9.47 Å². The van der Waals surface area contributed by atoms with Crippen LogP contribution in [0, 0.1) is 6.92 Å². The van der Waals surface area contributed by atoms with Crippen LogP contribution in [0.2, 0.25) is 0 Å². The second-order valence-electron chi connectivity index (χ2n) is 6.42. The van der Waals surface area contributed by atoms with Gasteiger partial charge in [0.15, 0.2) is 11.5 Å². The smallest absolute Gasteiger partial charge is 0.243 e. The zero-order chi connectivity index (χ0) is 16.8. The maximum Gasteiger partial charge on any atom is 0.243 e. The zero-order valence-electron chi connectivity index (χ0n) is 13.7. The Labute approximate surface area is 144 Å². The van der Waals surface area contributed by atoms with Gasteiger partial charge in [-0.25, -0.2) is 4.68 Å². The molecular weight excluding hydrogens is 318 g/mol. The Morgan fingerprint density at radius 2 is 1.84 bits per heavy atom. The number of fused-ring (bicyclic) bond motifs is 2. The molecule has 3 aromatic rings. The van der Waals surface area contributed by atoms with Crippen molar-refractivity contribution in [3.05, 3.63) is 59.2 Å². The largest absolute Gasteiger partial charge is 0.454 e. The van der Waals surface area contributed by atoms with Crippen molar-refractivity contribution in [2.75, 3.05) is 12.1 Å². The zero-order valence-corrected chi connectivity index (χ0v) is 13.7. The molecule has 7 nitrogen and oxygen atoms in total. The number of benzene rings is 2. The summed E-state index contributed by atoms with van der Waals surface area (Å²) in [5.74, 6) is 2.26. The van der Waals surface area contributed by atoms with Crippen LogP contribution in [0.1, 0.15) is 35.2 Å². The molecule has 0 saturated heterocycles. The van der Waals surface area contributed by atoms with E-state index in [9.17, 15) is 0 Å². The van der Waals surface area contributed by atoms with Crippen molar-refractivity contribution in [3.63, 3.8) is 0 Å². The van der Waals surface area contributed by atoms with Crippen LogP contribution >= 0.6 is 0 Å². The average Bonchev–Trinajstić information content (AvgIpc) is 3.29. The van der Waals surface area contributed by atoms with E-state index in [2.05, 4.69) is 58.1 Å². The predicted octanol–water partition coefficient (Wildman–Crippen LogP) is 2.86. The number of nitrogens with zero attached hydrogens (tertiary/aromatic N) is 4. The first-order chi connectivity index (χ1) is 12.3. The monoisotopic (exact) mass is 335 g/mol. The number of tetrazole rings is 1. The lowest BCUT2D eigenvalue weighted by molar-refractivity contribution is 0.174. The highest BCUT2D eigenvalue weighted by Crippen LogP contribution is 2.40. The van der Waals surface area contributed by atoms with Gasteiger partial charge in [0.2, 0.25) is 12.7 Å². The molecule has 2 aliphatic heterocycles. The fourth-order valence-corrected chi connectivity index (χ4v) is 3.45. The van der Waals surface area contributed by atoms with Crippen molar-refractivity contribution in [2.45, 2.75) is 25.4 Å². The Balaban J connectivity index is 1.52. The van der Waals surface area contributed by atoms with Crippen molar-refractivity contribution in [2.24, 2.45) is 0 Å². The van der Waals surface area contributed by atoms with E-state index < -0.39 is 0 Å². The SMILES string of the molecule is Cc1ccc(C2CC(c3ccc4c(c3)OCO4)Nc3nnnn32)cc1. The summed E-state index contributed by atoms with van der Waals surface area (Å²) < 4.78 is 12.8. The van der Waals surface area contributed by atoms with Gasteiger partial charge in [-0.2, -0.15) is 0 Å². The molecule has 0 aliphatic carbocycles. The van der Waals surface area contributed by atoms with Gasteiger partial charge in [0.05, 0.1) is 12.1 Å². The maximum absolute atomic E-state index is 5.51. The molecule has 0 fully saturated rings. The number of ether oxygens (including phenoxy) is 2. The van der Waals surface area contributed by atoms with E-state index in [1.165, 1.54) is 11.1 Å². The second-order valence-corrected chi connectivity index (χ2v) is 6.42. The normalized spacial score (nSPS) is 20.8. The van der Waals surface area contributed by atoms with Crippen LogP contribution in [0.25, 0.3) is 0 Å². The van der Waals surface area contributed by atoms with Gasteiger partial charge in [0, 0.05) is 0 Å². The molecule has 0 radical (unpaired) electrons. The van der Waals surface area contributed by atoms with Gasteiger partial charge in [-0.15, -0.1) is 0 Å². The molecule has 0 bridgehead atoms. The summed E-state index contributed by atoms with van der Waals surface area (Å²) in [5.41, 5.74) is 3.57. The molecule has 7 heteroatoms. The summed E-state index contributed by atoms with van der Waals surface area (Å²) >= 11 is 0. The summed E-state index contributed by atoms with van der Waals surface area (Å²) in [6.45, 7) is 2.37. The van der Waals surface area contributed by atoms with Gasteiger partial charge in [-0.1, -0.05) is 41.0 Å². The van der Waals surface area contributed by atoms with Gasteiger partial charge in [0.1, 0.15) is 0 Å². The fourth-order valence-electron chi connectivity index (χ4n) is 3.45. The van der Waals surface area contributed by atoms with Crippen molar-refractivity contribution in [1.29, 1.82) is 0 Å². The third-order valence-corrected chi connectivity index (χ3v) is 4.81. The molecule has 2 aromatic carbocycles. The van der Waals surface area contributed by atoms with Crippen LogP contribution in [-0.4, -0.2) is 27.0 Å². The first kappa shape index (κ1) is 14.3. The van der Waals surface area contributed by atoms with Crippen molar-refractivity contribution in [1.82, 2.24) is 20.2 Å². The van der Waals surface area contributed by atoms with E-state index in [1.807, 2.05) is 16.8 Å². The van der Waals surface area contributed by atoms with E-state index >= 15 is 0 Å². The van der Waals surface area contributed by atoms with Gasteiger partial charge in [-0.3, -0.25) is 0 Å². The van der Waals surface area contributed by atoms with Crippen LogP contribution in [-0.2, 0) is 0 Å². The van der Waals surface area contributed by atoms with Crippen molar-refractivity contribution < 1.29 is 9.47 Å². The molecule has 2 aliphatic rings. The molecule has 1 N–H and O–H groups in total. The lowest BCUT2D eigenvalue weighted by atomic mass is 9.93. The minimum atomic E-state index is 0.0854. The predicted molar refractivity (Wildman–Crippen MR) is 90.7 cm³/mol. The Morgan fingerprint density at radius 3 is 2.72 bits per heavy atom. The molecular formula is C18H17N5O2. The Bertz CT molecular complexity index is 921. The van der Waals surface area contributed by atoms with E-state index in [0.717, 1.165) is 23.5 Å². The highest BCUT2D eigenvalue weighted by atomic mass is 16.7. The standard InChI is InChI=1S/C18H17N5O2/c1-11-2-4-12(5-3-11)15-9-14(19-18-20-21-22-23(15)18)13-6-7-16-17(8-13)25-10-24-16/h2-8,14-15H,9-10H2,1H3,(H,19,20,22). The minimum Gasteiger partial charge on any atom is -0.454 e. The van der Waals surface area contributed by atoms with Crippen LogP contribution in [0.3, 0.4) is 0 Å². The van der Waals surface area contributed by atoms with Crippen LogP contribution < -0.4 is 14.8 Å². The summed E-state index contributed by atoms with van der Waals surface area (Å²) in [7, 11) is 0. The molecule has 25 heavy (non-hydrogen) atoms. The lowest BCUT2D eigenvalue weighted by Crippen LogP contribution is -2.28. The topological polar surface area (TPSA) is 74.1 Å². The molecule has 126 valence electrons. The summed E-state index contributed by atoms with van der Waals surface area (Å²) in [5, 5.41) is 15.6. The highest BCUT2D eigenvalue weighted by Gasteiger charge is 2.31. The van der Waals surface area contributed by atoms with Crippen LogP contribution in [0.5, 0.6) is 11.5 Å². The van der Waals surface area contributed by atoms with E-state index in [-0.39, 0.29) is 18.9 Å². The quantitative estimate of drug-likeness (QED) is 0.776. The summed E-state index contributed by atoms with van der Waals surface area (Å²) in [4.78, 5) is 0. The number of nitrogens with one attached hydrogen (secondary N) is 1. The molecule has 2 unspecified atom stereocenters. The Morgan fingerprint density at radius 1 is 1.04 bits per heavy atom. The van der Waals surface area contributed by atoms with E-state index in [0.29, 0.717) is 5.95 Å². The number of aryl methyl sites for hydroxylation is 1. The molecule has 0 saturated carbocycles. The molecule has 0 spiro atoms. The second kappa shape index (κ2) is 5.47. The number of rotatable bonds is 2. The third kappa shape index (κ3) is 2.39. The van der Waals surface area contributed by atoms with Crippen LogP contribution in [0.15, 0.2) is 42.5 Å². The third-order valence-electron chi connectivity index (χ3n) is 4.81. The average molecular weight is 335 g/mol. The van der Waals surface area contributed by atoms with Crippen LogP contribution in [0.4, 0.5) is 5.95 Å². The van der Waals surface area contributed by atoms with Gasteiger partial charge < -0.3 is 14.8 Å². The Kier molecular flexibility index (Phi) is 3.12. The molecule has 2 atom stereocenters. The maximum atomic E-state index is 5.51. The fraction of sp³-hybridized carbons (Fsp3) is 0.278. The lowest BCUT2D eigenvalue weighted by Gasteiger charge is -2.31. The summed E-state index contributed by atoms with van der Waals surface area (Å²) in [6, 6.07) is 14.8. The Hall–Kier alpha value is -3.09. The minimum absolute atomic E-state index is 0.0854. The first-order valence-corrected chi connectivity index (χ1v) is 8.28. The molecule has 5 rings (SSSR count). The van der Waals surface area contributed by atoms with Gasteiger partial charge in [0.25, 0.3) is 0 Å². The molecule has 0 amide bonds. The number of anilines is 1. The molecule has 1 aromatic heterocycles. The van der Waals surface area contributed by atoms with Gasteiger partial charge in [-0.05, 0) is 47.0 Å². The van der Waals surface area contributed by atoms with Gasteiger partial charge >= 0.3 is 0 Å². The van der Waals surface area contributed by atoms with Crippen molar-refractivity contribution in [3.8, 4) is 11.5 Å². The number of hydrogen-bond acceptors (Lipinski definition) is 6. The van der Waals surface area contributed by atoms with E-state index in [1.54, 1.807) is 0 Å². The highest BCUT2D eigenvalue weighted by molar-refractivity contribution is 5.47. The first-order valence-electron chi connectivity index (χ1n) is 8.28.